The molecule has 0 saturated heterocycles. The molecule has 0 radical (unpaired) electrons. The van der Waals surface area contributed by atoms with Crippen LogP contribution in [0.15, 0.2) is 6.20 Å². The zero-order valence-corrected chi connectivity index (χ0v) is 9.22. The van der Waals surface area contributed by atoms with Crippen LogP contribution in [0.5, 0.6) is 0 Å². The molecule has 0 aliphatic rings. The minimum atomic E-state index is -3.07. The van der Waals surface area contributed by atoms with Gasteiger partial charge in [0.05, 0.1) is 29.6 Å². The first kappa shape index (κ1) is 13.7. The minimum Gasteiger partial charge on any atom is -0.469 e. The Bertz CT molecular complexity index is 493. The van der Waals surface area contributed by atoms with Gasteiger partial charge in [-0.3, -0.25) is 14.9 Å². The number of nitrogens with zero attached hydrogens (tertiary/aromatic N) is 2. The molecule has 1 heterocycles. The third-order valence-electron chi connectivity index (χ3n) is 2.20. The average Bonchev–Trinajstić information content (AvgIpc) is 2.27. The lowest BCUT2D eigenvalue weighted by molar-refractivity contribution is -0.385. The van der Waals surface area contributed by atoms with Crippen LogP contribution in [-0.4, -0.2) is 23.0 Å². The van der Waals surface area contributed by atoms with Crippen LogP contribution in [0.2, 0.25) is 0 Å². The molecule has 0 saturated carbocycles. The number of methoxy groups -OCH3 is 1. The van der Waals surface area contributed by atoms with E-state index in [1.807, 2.05) is 0 Å². The molecule has 0 bridgehead atoms. The maximum absolute atomic E-state index is 12.8. The number of pyridine rings is 1. The Morgan fingerprint density at radius 3 is 2.72 bits per heavy atom. The smallest absolute Gasteiger partial charge is 0.310 e. The third-order valence-corrected chi connectivity index (χ3v) is 2.20. The highest BCUT2D eigenvalue weighted by Crippen LogP contribution is 2.33. The quantitative estimate of drug-likeness (QED) is 0.496. The Labute approximate surface area is 99.7 Å². The molecule has 98 valence electrons. The largest absolute Gasteiger partial charge is 0.469 e. The molecule has 0 spiro atoms. The lowest BCUT2D eigenvalue weighted by Crippen LogP contribution is -2.12. The van der Waals surface area contributed by atoms with Gasteiger partial charge in [-0.05, 0) is 0 Å². The van der Waals surface area contributed by atoms with E-state index in [9.17, 15) is 23.7 Å². The van der Waals surface area contributed by atoms with Crippen LogP contribution in [-0.2, 0) is 16.0 Å². The predicted molar refractivity (Wildman–Crippen MR) is 56.0 cm³/mol. The van der Waals surface area contributed by atoms with Crippen LogP contribution in [0.3, 0.4) is 0 Å². The zero-order valence-electron chi connectivity index (χ0n) is 9.22. The number of nitrogen functional groups attached to an aromatic ring is 1. The monoisotopic (exact) mass is 261 g/mol. The first-order valence-electron chi connectivity index (χ1n) is 4.65. The SMILES string of the molecule is COC(=O)Cc1c([N+](=O)[O-])cnc(N)c1C(F)F. The van der Waals surface area contributed by atoms with E-state index in [0.717, 1.165) is 13.3 Å². The van der Waals surface area contributed by atoms with Gasteiger partial charge in [-0.25, -0.2) is 13.8 Å². The standard InChI is InChI=1S/C9H9F2N3O4/c1-18-6(15)2-4-5(14(16)17)3-13-9(12)7(4)8(10)11/h3,8H,2H2,1H3,(H2,12,13). The number of nitro groups is 1. The summed E-state index contributed by atoms with van der Waals surface area (Å²) in [7, 11) is 1.04. The number of anilines is 1. The molecule has 0 aromatic carbocycles. The molecule has 2 N–H and O–H groups in total. The summed E-state index contributed by atoms with van der Waals surface area (Å²) in [6.07, 6.45) is -3.00. The van der Waals surface area contributed by atoms with E-state index < -0.39 is 46.4 Å². The first-order chi connectivity index (χ1) is 8.38. The van der Waals surface area contributed by atoms with Crippen LogP contribution < -0.4 is 5.73 Å². The molecular weight excluding hydrogens is 252 g/mol. The fraction of sp³-hybridized carbons (Fsp3) is 0.333. The molecule has 0 aliphatic carbocycles. The normalized spacial score (nSPS) is 10.4. The minimum absolute atomic E-state index is 0.477. The van der Waals surface area contributed by atoms with Crippen molar-refractivity contribution in [2.24, 2.45) is 0 Å². The molecule has 0 unspecified atom stereocenters. The maximum Gasteiger partial charge on any atom is 0.310 e. The van der Waals surface area contributed by atoms with Crippen molar-refractivity contribution >= 4 is 17.5 Å². The second-order valence-corrected chi connectivity index (χ2v) is 3.23. The van der Waals surface area contributed by atoms with Crippen LogP contribution >= 0.6 is 0 Å². The number of aromatic nitrogens is 1. The van der Waals surface area contributed by atoms with Crippen molar-refractivity contribution in [1.82, 2.24) is 4.98 Å². The fourth-order valence-corrected chi connectivity index (χ4v) is 1.37. The molecule has 0 atom stereocenters. The highest BCUT2D eigenvalue weighted by molar-refractivity contribution is 5.75. The number of alkyl halides is 2. The summed E-state index contributed by atoms with van der Waals surface area (Å²) in [6.45, 7) is 0. The lowest BCUT2D eigenvalue weighted by atomic mass is 10.0. The Balaban J connectivity index is 3.43. The lowest BCUT2D eigenvalue weighted by Gasteiger charge is -2.10. The van der Waals surface area contributed by atoms with Crippen LogP contribution in [0.4, 0.5) is 20.3 Å². The van der Waals surface area contributed by atoms with Crippen molar-refractivity contribution < 1.29 is 23.2 Å². The van der Waals surface area contributed by atoms with Gasteiger partial charge in [0.15, 0.2) is 0 Å². The van der Waals surface area contributed by atoms with Gasteiger partial charge < -0.3 is 10.5 Å². The van der Waals surface area contributed by atoms with Gasteiger partial charge in [-0.1, -0.05) is 0 Å². The predicted octanol–water partition coefficient (Wildman–Crippen LogP) is 1.23. The van der Waals surface area contributed by atoms with Crippen LogP contribution in [0.25, 0.3) is 0 Å². The van der Waals surface area contributed by atoms with Gasteiger partial charge in [-0.15, -0.1) is 0 Å². The molecule has 18 heavy (non-hydrogen) atoms. The van der Waals surface area contributed by atoms with E-state index in [1.165, 1.54) is 0 Å². The molecule has 1 rings (SSSR count). The molecule has 1 aromatic rings. The van der Waals surface area contributed by atoms with E-state index >= 15 is 0 Å². The average molecular weight is 261 g/mol. The summed E-state index contributed by atoms with van der Waals surface area (Å²) in [5.41, 5.74) is 3.26. The van der Waals surface area contributed by atoms with Gasteiger partial charge in [0.2, 0.25) is 0 Å². The molecule has 7 nitrogen and oxygen atoms in total. The summed E-state index contributed by atoms with van der Waals surface area (Å²) in [5.74, 6) is -1.43. The van der Waals surface area contributed by atoms with E-state index in [1.54, 1.807) is 0 Å². The fourth-order valence-electron chi connectivity index (χ4n) is 1.37. The summed E-state index contributed by atoms with van der Waals surface area (Å²) >= 11 is 0. The van der Waals surface area contributed by atoms with E-state index in [-0.39, 0.29) is 0 Å². The molecule has 0 aliphatic heterocycles. The van der Waals surface area contributed by atoms with Gasteiger partial charge in [0, 0.05) is 0 Å². The number of carbonyl (C=O) groups excluding carboxylic acids is 1. The number of carbonyl (C=O) groups is 1. The van der Waals surface area contributed by atoms with Gasteiger partial charge >= 0.3 is 5.97 Å². The van der Waals surface area contributed by atoms with Crippen LogP contribution in [0, 0.1) is 10.1 Å². The topological polar surface area (TPSA) is 108 Å². The summed E-state index contributed by atoms with van der Waals surface area (Å²) in [4.78, 5) is 24.2. The number of rotatable bonds is 4. The van der Waals surface area contributed by atoms with E-state index in [4.69, 9.17) is 5.73 Å². The van der Waals surface area contributed by atoms with Crippen molar-refractivity contribution in [2.45, 2.75) is 12.8 Å². The Morgan fingerprint density at radius 2 is 2.28 bits per heavy atom. The van der Waals surface area contributed by atoms with Crippen molar-refractivity contribution in [3.8, 4) is 0 Å². The van der Waals surface area contributed by atoms with E-state index in [0.29, 0.717) is 0 Å². The van der Waals surface area contributed by atoms with Gasteiger partial charge in [0.25, 0.3) is 12.1 Å². The maximum atomic E-state index is 12.8. The number of halogens is 2. The number of hydrogen-bond acceptors (Lipinski definition) is 6. The van der Waals surface area contributed by atoms with Crippen molar-refractivity contribution in [1.29, 1.82) is 0 Å². The van der Waals surface area contributed by atoms with Crippen molar-refractivity contribution in [3.05, 3.63) is 27.4 Å². The van der Waals surface area contributed by atoms with Gasteiger partial charge in [0.1, 0.15) is 12.0 Å². The molecule has 0 amide bonds. The number of nitrogens with two attached hydrogens (primary N) is 1. The number of hydrogen-bond donors (Lipinski definition) is 1. The van der Waals surface area contributed by atoms with Crippen LogP contribution in [0.1, 0.15) is 17.6 Å². The van der Waals surface area contributed by atoms with Gasteiger partial charge in [-0.2, -0.15) is 0 Å². The Hall–Kier alpha value is -2.32. The number of esters is 1. The second kappa shape index (κ2) is 5.34. The first-order valence-corrected chi connectivity index (χ1v) is 4.65. The second-order valence-electron chi connectivity index (χ2n) is 3.23. The zero-order chi connectivity index (χ0) is 13.9. The highest BCUT2D eigenvalue weighted by Gasteiger charge is 2.28. The number of ether oxygens (including phenoxy) is 1. The molecule has 9 heteroatoms. The molecular formula is C9H9F2N3O4. The van der Waals surface area contributed by atoms with Crippen molar-refractivity contribution in [2.75, 3.05) is 12.8 Å². The summed E-state index contributed by atoms with van der Waals surface area (Å²) in [6, 6.07) is 0. The Morgan fingerprint density at radius 1 is 1.67 bits per heavy atom. The summed E-state index contributed by atoms with van der Waals surface area (Å²) < 4.78 is 29.9. The van der Waals surface area contributed by atoms with Crippen molar-refractivity contribution in [3.63, 3.8) is 0 Å². The third kappa shape index (κ3) is 2.67. The molecule has 1 aromatic heterocycles. The Kier molecular flexibility index (Phi) is 4.08. The highest BCUT2D eigenvalue weighted by atomic mass is 19.3. The molecule has 0 fully saturated rings. The van der Waals surface area contributed by atoms with E-state index in [2.05, 4.69) is 9.72 Å². The summed E-state index contributed by atoms with van der Waals surface area (Å²) in [5, 5.41) is 10.7.